The summed E-state index contributed by atoms with van der Waals surface area (Å²) in [7, 11) is 0. The van der Waals surface area contributed by atoms with Crippen LogP contribution in [0.3, 0.4) is 0 Å². The molecule has 1 aliphatic rings. The maximum Gasteiger partial charge on any atom is 0.260 e. The lowest BCUT2D eigenvalue weighted by atomic mass is 9.98. The summed E-state index contributed by atoms with van der Waals surface area (Å²) in [4.78, 5) is 25.4. The average molecular weight is 275 g/mol. The third-order valence-electron chi connectivity index (χ3n) is 3.58. The summed E-state index contributed by atoms with van der Waals surface area (Å²) in [5, 5.41) is 0. The van der Waals surface area contributed by atoms with Gasteiger partial charge in [0.15, 0.2) is 6.61 Å². The number of amides is 1. The first-order chi connectivity index (χ1) is 9.66. The van der Waals surface area contributed by atoms with Gasteiger partial charge < -0.3 is 9.64 Å². The molecule has 2 rings (SSSR count). The lowest BCUT2D eigenvalue weighted by Gasteiger charge is -2.35. The highest BCUT2D eigenvalue weighted by Gasteiger charge is 2.27. The van der Waals surface area contributed by atoms with Crippen LogP contribution >= 0.6 is 0 Å². The van der Waals surface area contributed by atoms with Crippen LogP contribution in [0.5, 0.6) is 5.75 Å². The van der Waals surface area contributed by atoms with Crippen LogP contribution in [0.15, 0.2) is 30.3 Å². The van der Waals surface area contributed by atoms with E-state index < -0.39 is 0 Å². The molecule has 1 aliphatic heterocycles. The van der Waals surface area contributed by atoms with Gasteiger partial charge in [0.1, 0.15) is 11.5 Å². The van der Waals surface area contributed by atoms with E-state index in [9.17, 15) is 9.59 Å². The zero-order chi connectivity index (χ0) is 14.4. The highest BCUT2D eigenvalue weighted by molar-refractivity contribution is 5.80. The number of piperidine rings is 1. The van der Waals surface area contributed by atoms with E-state index in [1.165, 1.54) is 0 Å². The van der Waals surface area contributed by atoms with E-state index in [1.807, 2.05) is 35.2 Å². The van der Waals surface area contributed by atoms with Crippen LogP contribution < -0.4 is 4.74 Å². The molecule has 1 unspecified atom stereocenters. The van der Waals surface area contributed by atoms with Crippen molar-refractivity contribution in [2.45, 2.75) is 38.6 Å². The number of hydrogen-bond acceptors (Lipinski definition) is 3. The van der Waals surface area contributed by atoms with E-state index >= 15 is 0 Å². The zero-order valence-corrected chi connectivity index (χ0v) is 11.9. The van der Waals surface area contributed by atoms with Gasteiger partial charge in [-0.3, -0.25) is 9.59 Å². The minimum absolute atomic E-state index is 0.0280. The van der Waals surface area contributed by atoms with Gasteiger partial charge in [-0.2, -0.15) is 0 Å². The van der Waals surface area contributed by atoms with Gasteiger partial charge in [-0.15, -0.1) is 0 Å². The second kappa shape index (κ2) is 7.08. The maximum atomic E-state index is 12.3. The predicted molar refractivity (Wildman–Crippen MR) is 76.6 cm³/mol. The summed E-state index contributed by atoms with van der Waals surface area (Å²) >= 11 is 0. The molecule has 1 fully saturated rings. The topological polar surface area (TPSA) is 46.6 Å². The van der Waals surface area contributed by atoms with Crippen molar-refractivity contribution in [3.63, 3.8) is 0 Å². The smallest absolute Gasteiger partial charge is 0.260 e. The minimum Gasteiger partial charge on any atom is -0.484 e. The lowest BCUT2D eigenvalue weighted by molar-refractivity contribution is -0.137. The van der Waals surface area contributed by atoms with Gasteiger partial charge in [0.05, 0.1) is 0 Å². The molecule has 4 heteroatoms. The number of likely N-dealkylation sites (tertiary alicyclic amines) is 1. The van der Waals surface area contributed by atoms with Gasteiger partial charge in [0.2, 0.25) is 0 Å². The Balaban J connectivity index is 1.90. The summed E-state index contributed by atoms with van der Waals surface area (Å²) in [5.74, 6) is 0.805. The Labute approximate surface area is 119 Å². The van der Waals surface area contributed by atoms with Crippen LogP contribution in [-0.4, -0.2) is 35.8 Å². The van der Waals surface area contributed by atoms with Crippen molar-refractivity contribution in [2.24, 2.45) is 0 Å². The molecule has 0 spiro atoms. The molecule has 1 atom stereocenters. The molecule has 0 aromatic heterocycles. The number of Topliss-reactive ketones (excluding diaryl/α,β-unsaturated/α-hetero) is 1. The number of carbonyl (C=O) groups is 2. The predicted octanol–water partition coefficient (Wildman–Crippen LogP) is 2.43. The Hall–Kier alpha value is -1.84. The van der Waals surface area contributed by atoms with Crippen molar-refractivity contribution in [2.75, 3.05) is 13.2 Å². The molecule has 1 amide bonds. The highest BCUT2D eigenvalue weighted by Crippen LogP contribution is 2.20. The van der Waals surface area contributed by atoms with Crippen molar-refractivity contribution < 1.29 is 14.3 Å². The Kier molecular flexibility index (Phi) is 5.16. The van der Waals surface area contributed by atoms with E-state index in [-0.39, 0.29) is 24.3 Å². The molecule has 1 aromatic carbocycles. The third-order valence-corrected chi connectivity index (χ3v) is 3.58. The number of benzene rings is 1. The molecule has 108 valence electrons. The SMILES string of the molecule is CC(=O)CC1CCCCN1C(=O)COc1ccccc1. The molecule has 0 saturated carbocycles. The number of hydrogen-bond donors (Lipinski definition) is 0. The van der Waals surface area contributed by atoms with E-state index in [4.69, 9.17) is 4.74 Å². The van der Waals surface area contributed by atoms with E-state index in [1.54, 1.807) is 6.92 Å². The van der Waals surface area contributed by atoms with Crippen LogP contribution in [0.4, 0.5) is 0 Å². The maximum absolute atomic E-state index is 12.3. The van der Waals surface area contributed by atoms with Gasteiger partial charge in [-0.05, 0) is 38.3 Å². The highest BCUT2D eigenvalue weighted by atomic mass is 16.5. The minimum atomic E-state index is -0.0280. The summed E-state index contributed by atoms with van der Waals surface area (Å²) in [6.45, 7) is 2.35. The van der Waals surface area contributed by atoms with E-state index in [2.05, 4.69) is 0 Å². The second-order valence-electron chi connectivity index (χ2n) is 5.24. The fourth-order valence-electron chi connectivity index (χ4n) is 2.62. The lowest BCUT2D eigenvalue weighted by Crippen LogP contribution is -2.46. The molecule has 20 heavy (non-hydrogen) atoms. The molecule has 1 saturated heterocycles. The Morgan fingerprint density at radius 1 is 1.25 bits per heavy atom. The van der Waals surface area contributed by atoms with Crippen molar-refractivity contribution in [1.29, 1.82) is 0 Å². The van der Waals surface area contributed by atoms with Crippen molar-refractivity contribution in [3.05, 3.63) is 30.3 Å². The molecule has 1 heterocycles. The van der Waals surface area contributed by atoms with Crippen LogP contribution in [0.25, 0.3) is 0 Å². The summed E-state index contributed by atoms with van der Waals surface area (Å²) in [6.07, 6.45) is 3.46. The van der Waals surface area contributed by atoms with E-state index in [0.29, 0.717) is 12.2 Å². The average Bonchev–Trinajstić information content (AvgIpc) is 2.46. The third kappa shape index (κ3) is 4.08. The summed E-state index contributed by atoms with van der Waals surface area (Å²) in [5.41, 5.74) is 0. The summed E-state index contributed by atoms with van der Waals surface area (Å²) in [6, 6.07) is 9.36. The largest absolute Gasteiger partial charge is 0.484 e. The van der Waals surface area contributed by atoms with Gasteiger partial charge >= 0.3 is 0 Å². The fraction of sp³-hybridized carbons (Fsp3) is 0.500. The number of rotatable bonds is 5. The van der Waals surface area contributed by atoms with Gasteiger partial charge in [0, 0.05) is 19.0 Å². The first kappa shape index (κ1) is 14.6. The van der Waals surface area contributed by atoms with Crippen molar-refractivity contribution in [3.8, 4) is 5.75 Å². The van der Waals surface area contributed by atoms with Gasteiger partial charge in [-0.1, -0.05) is 18.2 Å². The van der Waals surface area contributed by atoms with Crippen molar-refractivity contribution in [1.82, 2.24) is 4.90 Å². The first-order valence-electron chi connectivity index (χ1n) is 7.13. The number of carbonyl (C=O) groups excluding carboxylic acids is 2. The van der Waals surface area contributed by atoms with Crippen molar-refractivity contribution >= 4 is 11.7 Å². The van der Waals surface area contributed by atoms with E-state index in [0.717, 1.165) is 25.8 Å². The Morgan fingerprint density at radius 2 is 2.00 bits per heavy atom. The quantitative estimate of drug-likeness (QED) is 0.829. The molecule has 0 bridgehead atoms. The van der Waals surface area contributed by atoms with Crippen LogP contribution in [0.2, 0.25) is 0 Å². The van der Waals surface area contributed by atoms with Crippen LogP contribution in [-0.2, 0) is 9.59 Å². The zero-order valence-electron chi connectivity index (χ0n) is 11.9. The monoisotopic (exact) mass is 275 g/mol. The Morgan fingerprint density at radius 3 is 2.70 bits per heavy atom. The normalized spacial score (nSPS) is 18.6. The van der Waals surface area contributed by atoms with Gasteiger partial charge in [-0.25, -0.2) is 0 Å². The number of nitrogens with zero attached hydrogens (tertiary/aromatic N) is 1. The van der Waals surface area contributed by atoms with Crippen LogP contribution in [0, 0.1) is 0 Å². The molecule has 4 nitrogen and oxygen atoms in total. The number of para-hydroxylation sites is 1. The number of ether oxygens (including phenoxy) is 1. The molecular weight excluding hydrogens is 254 g/mol. The molecular formula is C16H21NO3. The molecule has 0 N–H and O–H groups in total. The van der Waals surface area contributed by atoms with Crippen LogP contribution in [0.1, 0.15) is 32.6 Å². The molecule has 1 aromatic rings. The molecule has 0 radical (unpaired) electrons. The fourth-order valence-corrected chi connectivity index (χ4v) is 2.62. The summed E-state index contributed by atoms with van der Waals surface area (Å²) < 4.78 is 5.50. The molecule has 0 aliphatic carbocycles. The van der Waals surface area contributed by atoms with Gasteiger partial charge in [0.25, 0.3) is 5.91 Å². The first-order valence-corrected chi connectivity index (χ1v) is 7.13. The Bertz CT molecular complexity index is 458. The number of ketones is 1. The standard InChI is InChI=1S/C16H21NO3/c1-13(18)11-14-7-5-6-10-17(14)16(19)12-20-15-8-3-2-4-9-15/h2-4,8-9,14H,5-7,10-12H2,1H3. The second-order valence-corrected chi connectivity index (χ2v) is 5.24.